The monoisotopic (exact) mass is 182 g/mol. The number of halogens is 1. The molecule has 0 saturated heterocycles. The van der Waals surface area contributed by atoms with E-state index >= 15 is 0 Å². The quantitative estimate of drug-likeness (QED) is 0.746. The average molecular weight is 182 g/mol. The van der Waals surface area contributed by atoms with Crippen LogP contribution < -0.4 is 4.74 Å². The van der Waals surface area contributed by atoms with E-state index in [4.69, 9.17) is 9.84 Å². The van der Waals surface area contributed by atoms with Gasteiger partial charge in [0, 0.05) is 18.6 Å². The standard InChI is InChI=1S/C10H11FO2/c11-10-7(3-5-12)1-2-9-8(10)4-6-13-9/h1-2,12H,3-6H2. The minimum Gasteiger partial charge on any atom is -0.493 e. The lowest BCUT2D eigenvalue weighted by Crippen LogP contribution is -1.97. The van der Waals surface area contributed by atoms with E-state index < -0.39 is 0 Å². The Balaban J connectivity index is 2.40. The highest BCUT2D eigenvalue weighted by atomic mass is 19.1. The fourth-order valence-electron chi connectivity index (χ4n) is 1.60. The second-order valence-corrected chi connectivity index (χ2v) is 3.09. The molecule has 0 unspecified atom stereocenters. The maximum absolute atomic E-state index is 13.6. The molecule has 0 bridgehead atoms. The van der Waals surface area contributed by atoms with Crippen molar-refractivity contribution >= 4 is 0 Å². The molecule has 1 aliphatic heterocycles. The molecule has 2 rings (SSSR count). The first-order chi connectivity index (χ1) is 6.33. The SMILES string of the molecule is OCCc1ccc2c(c1F)CCO2. The summed E-state index contributed by atoms with van der Waals surface area (Å²) >= 11 is 0. The van der Waals surface area contributed by atoms with Crippen molar-refractivity contribution in [1.29, 1.82) is 0 Å². The molecule has 0 aromatic heterocycles. The highest BCUT2D eigenvalue weighted by molar-refractivity contribution is 5.41. The molecule has 1 heterocycles. The molecule has 0 radical (unpaired) electrons. The number of hydrogen-bond donors (Lipinski definition) is 1. The van der Waals surface area contributed by atoms with Gasteiger partial charge < -0.3 is 9.84 Å². The predicted octanol–water partition coefficient (Wildman–Crippen LogP) is 1.30. The number of hydrogen-bond acceptors (Lipinski definition) is 2. The van der Waals surface area contributed by atoms with Gasteiger partial charge in [-0.1, -0.05) is 6.07 Å². The van der Waals surface area contributed by atoms with E-state index in [1.54, 1.807) is 12.1 Å². The van der Waals surface area contributed by atoms with E-state index in [-0.39, 0.29) is 12.4 Å². The van der Waals surface area contributed by atoms with Crippen LogP contribution in [0.3, 0.4) is 0 Å². The molecule has 1 aromatic carbocycles. The molecular formula is C10H11FO2. The largest absolute Gasteiger partial charge is 0.493 e. The van der Waals surface area contributed by atoms with Gasteiger partial charge in [-0.15, -0.1) is 0 Å². The number of fused-ring (bicyclic) bond motifs is 1. The summed E-state index contributed by atoms with van der Waals surface area (Å²) in [6, 6.07) is 3.45. The Bertz CT molecular complexity index is 323. The molecule has 0 aliphatic carbocycles. The molecule has 0 amide bonds. The van der Waals surface area contributed by atoms with Gasteiger partial charge in [-0.25, -0.2) is 4.39 Å². The van der Waals surface area contributed by atoms with Crippen LogP contribution in [0.5, 0.6) is 5.75 Å². The molecule has 2 nitrogen and oxygen atoms in total. The first kappa shape index (κ1) is 8.51. The number of aliphatic hydroxyl groups excluding tert-OH is 1. The first-order valence-electron chi connectivity index (χ1n) is 4.37. The molecule has 1 aliphatic rings. The molecule has 13 heavy (non-hydrogen) atoms. The molecule has 70 valence electrons. The van der Waals surface area contributed by atoms with Crippen molar-refractivity contribution in [2.24, 2.45) is 0 Å². The van der Waals surface area contributed by atoms with Crippen LogP contribution >= 0.6 is 0 Å². The summed E-state index contributed by atoms with van der Waals surface area (Å²) < 4.78 is 18.8. The molecule has 0 saturated carbocycles. The van der Waals surface area contributed by atoms with Gasteiger partial charge >= 0.3 is 0 Å². The minimum absolute atomic E-state index is 0.0173. The van der Waals surface area contributed by atoms with Crippen LogP contribution in [0.15, 0.2) is 12.1 Å². The summed E-state index contributed by atoms with van der Waals surface area (Å²) in [6.45, 7) is 0.547. The molecular weight excluding hydrogens is 171 g/mol. The summed E-state index contributed by atoms with van der Waals surface area (Å²) in [5, 5.41) is 8.69. The van der Waals surface area contributed by atoms with Gasteiger partial charge in [0.05, 0.1) is 6.61 Å². The van der Waals surface area contributed by atoms with Crippen LogP contribution in [0.25, 0.3) is 0 Å². The maximum atomic E-state index is 13.6. The Morgan fingerprint density at radius 2 is 2.31 bits per heavy atom. The Labute approximate surface area is 76.0 Å². The normalized spacial score (nSPS) is 14.0. The Morgan fingerprint density at radius 1 is 1.46 bits per heavy atom. The summed E-state index contributed by atoms with van der Waals surface area (Å²) in [6.07, 6.45) is 1.01. The average Bonchev–Trinajstić information content (AvgIpc) is 2.58. The lowest BCUT2D eigenvalue weighted by atomic mass is 10.1. The third-order valence-electron chi connectivity index (χ3n) is 2.27. The summed E-state index contributed by atoms with van der Waals surface area (Å²) in [5.41, 5.74) is 1.23. The second-order valence-electron chi connectivity index (χ2n) is 3.09. The Hall–Kier alpha value is -1.09. The molecule has 0 fully saturated rings. The van der Waals surface area contributed by atoms with Crippen LogP contribution in [-0.4, -0.2) is 18.3 Å². The maximum Gasteiger partial charge on any atom is 0.133 e. The van der Waals surface area contributed by atoms with Gasteiger partial charge in [0.1, 0.15) is 11.6 Å². The van der Waals surface area contributed by atoms with Crippen molar-refractivity contribution in [3.8, 4) is 5.75 Å². The van der Waals surface area contributed by atoms with Gasteiger partial charge in [-0.05, 0) is 18.1 Å². The second kappa shape index (κ2) is 3.34. The van der Waals surface area contributed by atoms with E-state index in [9.17, 15) is 4.39 Å². The molecule has 3 heteroatoms. The number of benzene rings is 1. The Kier molecular flexibility index (Phi) is 2.19. The number of rotatable bonds is 2. The van der Waals surface area contributed by atoms with E-state index in [2.05, 4.69) is 0 Å². The lowest BCUT2D eigenvalue weighted by Gasteiger charge is -2.04. The van der Waals surface area contributed by atoms with Crippen LogP contribution in [0.4, 0.5) is 4.39 Å². The topological polar surface area (TPSA) is 29.5 Å². The van der Waals surface area contributed by atoms with Crippen LogP contribution in [-0.2, 0) is 12.8 Å². The van der Waals surface area contributed by atoms with E-state index in [1.807, 2.05) is 0 Å². The number of aliphatic hydroxyl groups is 1. The van der Waals surface area contributed by atoms with Gasteiger partial charge in [0.2, 0.25) is 0 Å². The zero-order chi connectivity index (χ0) is 9.26. The van der Waals surface area contributed by atoms with Gasteiger partial charge in [0.15, 0.2) is 0 Å². The Morgan fingerprint density at radius 3 is 3.08 bits per heavy atom. The minimum atomic E-state index is -0.205. The van der Waals surface area contributed by atoms with Crippen molar-refractivity contribution in [3.63, 3.8) is 0 Å². The summed E-state index contributed by atoms with van der Waals surface area (Å²) in [4.78, 5) is 0. The zero-order valence-electron chi connectivity index (χ0n) is 7.22. The van der Waals surface area contributed by atoms with Crippen LogP contribution in [0, 0.1) is 5.82 Å². The third-order valence-corrected chi connectivity index (χ3v) is 2.27. The summed E-state index contributed by atoms with van der Waals surface area (Å²) in [7, 11) is 0. The lowest BCUT2D eigenvalue weighted by molar-refractivity contribution is 0.297. The van der Waals surface area contributed by atoms with Crippen molar-refractivity contribution < 1.29 is 14.2 Å². The predicted molar refractivity (Wildman–Crippen MR) is 46.4 cm³/mol. The van der Waals surface area contributed by atoms with E-state index in [0.29, 0.717) is 36.3 Å². The summed E-state index contributed by atoms with van der Waals surface area (Å²) in [5.74, 6) is 0.447. The van der Waals surface area contributed by atoms with Gasteiger partial charge in [0.25, 0.3) is 0 Å². The molecule has 1 N–H and O–H groups in total. The van der Waals surface area contributed by atoms with Crippen LogP contribution in [0.1, 0.15) is 11.1 Å². The van der Waals surface area contributed by atoms with Crippen molar-refractivity contribution in [1.82, 2.24) is 0 Å². The van der Waals surface area contributed by atoms with Crippen molar-refractivity contribution in [3.05, 3.63) is 29.1 Å². The molecule has 0 atom stereocenters. The fraction of sp³-hybridized carbons (Fsp3) is 0.400. The fourth-order valence-corrected chi connectivity index (χ4v) is 1.60. The van der Waals surface area contributed by atoms with Crippen molar-refractivity contribution in [2.45, 2.75) is 12.8 Å². The first-order valence-corrected chi connectivity index (χ1v) is 4.37. The van der Waals surface area contributed by atoms with Gasteiger partial charge in [-0.3, -0.25) is 0 Å². The highest BCUT2D eigenvalue weighted by Crippen LogP contribution is 2.29. The van der Waals surface area contributed by atoms with Crippen molar-refractivity contribution in [2.75, 3.05) is 13.2 Å². The third kappa shape index (κ3) is 1.40. The number of ether oxygens (including phenoxy) is 1. The highest BCUT2D eigenvalue weighted by Gasteiger charge is 2.18. The van der Waals surface area contributed by atoms with E-state index in [0.717, 1.165) is 0 Å². The van der Waals surface area contributed by atoms with E-state index in [1.165, 1.54) is 0 Å². The molecule has 1 aromatic rings. The van der Waals surface area contributed by atoms with Gasteiger partial charge in [-0.2, -0.15) is 0 Å². The van der Waals surface area contributed by atoms with Crippen LogP contribution in [0.2, 0.25) is 0 Å². The zero-order valence-corrected chi connectivity index (χ0v) is 7.22. The smallest absolute Gasteiger partial charge is 0.133 e. The molecule has 0 spiro atoms.